The molecule has 1 aromatic carbocycles. The molecule has 1 amide bonds. The van der Waals surface area contributed by atoms with Gasteiger partial charge in [0.05, 0.1) is 0 Å². The van der Waals surface area contributed by atoms with Crippen LogP contribution in [0, 0.1) is 12.8 Å². The molecule has 0 saturated carbocycles. The van der Waals surface area contributed by atoms with E-state index in [1.807, 2.05) is 0 Å². The van der Waals surface area contributed by atoms with Crippen molar-refractivity contribution < 1.29 is 14.7 Å². The summed E-state index contributed by atoms with van der Waals surface area (Å²) in [5.74, 6) is -1.65. The van der Waals surface area contributed by atoms with Crippen LogP contribution in [-0.4, -0.2) is 17.0 Å². The monoisotopic (exact) mass is 269 g/mol. The SMILES string of the molecule is Cc1cc(C(NC(=O)C(C)C)C(=O)O)ccc1Cl. The van der Waals surface area contributed by atoms with Crippen molar-refractivity contribution in [1.82, 2.24) is 5.32 Å². The van der Waals surface area contributed by atoms with Gasteiger partial charge >= 0.3 is 5.97 Å². The minimum absolute atomic E-state index is 0.264. The second-order valence-electron chi connectivity index (χ2n) is 4.44. The highest BCUT2D eigenvalue weighted by molar-refractivity contribution is 6.31. The summed E-state index contributed by atoms with van der Waals surface area (Å²) in [7, 11) is 0. The second kappa shape index (κ2) is 5.87. The number of carboxylic acids is 1. The molecule has 0 spiro atoms. The summed E-state index contributed by atoms with van der Waals surface area (Å²) in [6, 6.07) is 3.86. The third-order valence-corrected chi connectivity index (χ3v) is 3.00. The summed E-state index contributed by atoms with van der Waals surface area (Å²) in [6.45, 7) is 5.21. The highest BCUT2D eigenvalue weighted by Crippen LogP contribution is 2.21. The Kier molecular flexibility index (Phi) is 4.73. The number of carbonyl (C=O) groups is 2. The van der Waals surface area contributed by atoms with Crippen molar-refractivity contribution >= 4 is 23.5 Å². The molecule has 98 valence electrons. The van der Waals surface area contributed by atoms with Crippen LogP contribution in [0.3, 0.4) is 0 Å². The lowest BCUT2D eigenvalue weighted by atomic mass is 10.0. The van der Waals surface area contributed by atoms with E-state index in [2.05, 4.69) is 5.32 Å². The van der Waals surface area contributed by atoms with Crippen LogP contribution in [0.2, 0.25) is 5.02 Å². The molecule has 1 unspecified atom stereocenters. The molecule has 18 heavy (non-hydrogen) atoms. The Bertz CT molecular complexity index is 471. The number of benzene rings is 1. The summed E-state index contributed by atoms with van der Waals surface area (Å²) >= 11 is 5.89. The van der Waals surface area contributed by atoms with Crippen molar-refractivity contribution in [3.63, 3.8) is 0 Å². The van der Waals surface area contributed by atoms with Gasteiger partial charge < -0.3 is 10.4 Å². The van der Waals surface area contributed by atoms with Crippen molar-refractivity contribution in [2.75, 3.05) is 0 Å². The van der Waals surface area contributed by atoms with Gasteiger partial charge in [0, 0.05) is 10.9 Å². The fourth-order valence-electron chi connectivity index (χ4n) is 1.44. The molecule has 4 nitrogen and oxygen atoms in total. The lowest BCUT2D eigenvalue weighted by Gasteiger charge is -2.17. The van der Waals surface area contributed by atoms with Gasteiger partial charge in [-0.25, -0.2) is 4.79 Å². The van der Waals surface area contributed by atoms with E-state index in [1.165, 1.54) is 0 Å². The predicted molar refractivity (Wildman–Crippen MR) is 69.5 cm³/mol. The summed E-state index contributed by atoms with van der Waals surface area (Å²) in [4.78, 5) is 22.8. The largest absolute Gasteiger partial charge is 0.479 e. The lowest BCUT2D eigenvalue weighted by molar-refractivity contribution is -0.142. The predicted octanol–water partition coefficient (Wildman–Crippen LogP) is 2.55. The van der Waals surface area contributed by atoms with Crippen LogP contribution >= 0.6 is 11.6 Å². The Morgan fingerprint density at radius 3 is 2.39 bits per heavy atom. The first kappa shape index (κ1) is 14.5. The number of amides is 1. The first-order valence-electron chi connectivity index (χ1n) is 5.62. The zero-order chi connectivity index (χ0) is 13.9. The van der Waals surface area contributed by atoms with E-state index >= 15 is 0 Å². The fourth-order valence-corrected chi connectivity index (χ4v) is 1.56. The van der Waals surface area contributed by atoms with Crippen LogP contribution < -0.4 is 5.32 Å². The molecule has 0 aliphatic heterocycles. The summed E-state index contributed by atoms with van der Waals surface area (Å²) in [5.41, 5.74) is 1.29. The smallest absolute Gasteiger partial charge is 0.330 e. The summed E-state index contributed by atoms with van der Waals surface area (Å²) in [5, 5.41) is 12.2. The molecule has 0 aromatic heterocycles. The maximum atomic E-state index is 11.6. The van der Waals surface area contributed by atoms with Crippen LogP contribution in [0.25, 0.3) is 0 Å². The number of carboxylic acid groups (broad SMARTS) is 1. The van der Waals surface area contributed by atoms with Gasteiger partial charge in [-0.2, -0.15) is 0 Å². The molecule has 5 heteroatoms. The molecule has 1 rings (SSSR count). The Balaban J connectivity index is 3.01. The third kappa shape index (κ3) is 3.47. The van der Waals surface area contributed by atoms with Crippen molar-refractivity contribution in [1.29, 1.82) is 0 Å². The Morgan fingerprint density at radius 2 is 1.94 bits per heavy atom. The third-order valence-electron chi connectivity index (χ3n) is 2.57. The molecule has 0 radical (unpaired) electrons. The van der Waals surface area contributed by atoms with E-state index in [9.17, 15) is 9.59 Å². The van der Waals surface area contributed by atoms with Gasteiger partial charge in [0.15, 0.2) is 6.04 Å². The standard InChI is InChI=1S/C13H16ClNO3/c1-7(2)12(16)15-11(13(17)18)9-4-5-10(14)8(3)6-9/h4-7,11H,1-3H3,(H,15,16)(H,17,18). The number of carbonyl (C=O) groups excluding carboxylic acids is 1. The number of aryl methyl sites for hydroxylation is 1. The first-order chi connectivity index (χ1) is 8.32. The molecule has 0 heterocycles. The van der Waals surface area contributed by atoms with Gasteiger partial charge in [0.1, 0.15) is 0 Å². The quantitative estimate of drug-likeness (QED) is 0.883. The van der Waals surface area contributed by atoms with Gasteiger partial charge in [0.2, 0.25) is 5.91 Å². The zero-order valence-electron chi connectivity index (χ0n) is 10.5. The van der Waals surface area contributed by atoms with Crippen molar-refractivity contribution in [3.8, 4) is 0 Å². The fraction of sp³-hybridized carbons (Fsp3) is 0.385. The van der Waals surface area contributed by atoms with E-state index < -0.39 is 12.0 Å². The van der Waals surface area contributed by atoms with E-state index in [0.717, 1.165) is 5.56 Å². The van der Waals surface area contributed by atoms with Crippen LogP contribution in [0.1, 0.15) is 31.0 Å². The first-order valence-corrected chi connectivity index (χ1v) is 6.00. The molecule has 1 atom stereocenters. The van der Waals surface area contributed by atoms with Gasteiger partial charge in [-0.1, -0.05) is 37.6 Å². The maximum absolute atomic E-state index is 11.6. The second-order valence-corrected chi connectivity index (χ2v) is 4.85. The van der Waals surface area contributed by atoms with E-state index in [-0.39, 0.29) is 11.8 Å². The summed E-state index contributed by atoms with van der Waals surface area (Å²) in [6.07, 6.45) is 0. The highest BCUT2D eigenvalue weighted by Gasteiger charge is 2.23. The Hall–Kier alpha value is -1.55. The van der Waals surface area contributed by atoms with Crippen molar-refractivity contribution in [3.05, 3.63) is 34.3 Å². The minimum atomic E-state index is -1.09. The van der Waals surface area contributed by atoms with Crippen molar-refractivity contribution in [2.24, 2.45) is 5.92 Å². The maximum Gasteiger partial charge on any atom is 0.330 e. The number of halogens is 1. The van der Waals surface area contributed by atoms with E-state index in [1.54, 1.807) is 39.0 Å². The van der Waals surface area contributed by atoms with Gasteiger partial charge in [-0.15, -0.1) is 0 Å². The van der Waals surface area contributed by atoms with Crippen LogP contribution in [0.5, 0.6) is 0 Å². The van der Waals surface area contributed by atoms with E-state index in [4.69, 9.17) is 16.7 Å². The molecule has 0 aliphatic rings. The number of aliphatic carboxylic acids is 1. The Morgan fingerprint density at radius 1 is 1.33 bits per heavy atom. The molecule has 2 N–H and O–H groups in total. The number of hydrogen-bond donors (Lipinski definition) is 2. The molecular weight excluding hydrogens is 254 g/mol. The number of nitrogens with one attached hydrogen (secondary N) is 1. The normalized spacial score (nSPS) is 12.3. The van der Waals surface area contributed by atoms with Crippen LogP contribution in [0.4, 0.5) is 0 Å². The van der Waals surface area contributed by atoms with Gasteiger partial charge in [-0.05, 0) is 24.1 Å². The average Bonchev–Trinajstić information content (AvgIpc) is 2.29. The van der Waals surface area contributed by atoms with Crippen LogP contribution in [0.15, 0.2) is 18.2 Å². The molecule has 0 aliphatic carbocycles. The number of rotatable bonds is 4. The summed E-state index contributed by atoms with van der Waals surface area (Å²) < 4.78 is 0. The number of hydrogen-bond acceptors (Lipinski definition) is 2. The molecule has 0 fully saturated rings. The lowest BCUT2D eigenvalue weighted by Crippen LogP contribution is -2.36. The average molecular weight is 270 g/mol. The molecule has 0 bridgehead atoms. The molecule has 1 aromatic rings. The van der Waals surface area contributed by atoms with Gasteiger partial charge in [0.25, 0.3) is 0 Å². The van der Waals surface area contributed by atoms with Gasteiger partial charge in [-0.3, -0.25) is 4.79 Å². The highest BCUT2D eigenvalue weighted by atomic mass is 35.5. The zero-order valence-corrected chi connectivity index (χ0v) is 11.3. The molecular formula is C13H16ClNO3. The van der Waals surface area contributed by atoms with Crippen LogP contribution in [-0.2, 0) is 9.59 Å². The van der Waals surface area contributed by atoms with Crippen molar-refractivity contribution in [2.45, 2.75) is 26.8 Å². The Labute approximate surface area is 111 Å². The molecule has 0 saturated heterocycles. The topological polar surface area (TPSA) is 66.4 Å². The minimum Gasteiger partial charge on any atom is -0.479 e. The van der Waals surface area contributed by atoms with E-state index in [0.29, 0.717) is 10.6 Å².